The van der Waals surface area contributed by atoms with E-state index in [0.29, 0.717) is 16.9 Å². The molecule has 0 spiro atoms. The van der Waals surface area contributed by atoms with E-state index in [1.807, 2.05) is 19.1 Å². The summed E-state index contributed by atoms with van der Waals surface area (Å²) < 4.78 is 2.17. The number of benzene rings is 1. The SMILES string of the molecule is Cc1cc(Cl)cc(Nc2nc3cnc(NC(C)(C)C)nc3n2CC2CCNC2)c1. The predicted molar refractivity (Wildman–Crippen MR) is 119 cm³/mol. The minimum absolute atomic E-state index is 0.118. The first-order chi connectivity index (χ1) is 13.8. The lowest BCUT2D eigenvalue weighted by Crippen LogP contribution is -2.27. The average Bonchev–Trinajstić information content (AvgIpc) is 3.22. The number of halogens is 1. The van der Waals surface area contributed by atoms with Crippen LogP contribution in [0.3, 0.4) is 0 Å². The fourth-order valence-corrected chi connectivity index (χ4v) is 3.94. The number of hydrogen-bond acceptors (Lipinski definition) is 6. The molecule has 1 aliphatic rings. The van der Waals surface area contributed by atoms with Gasteiger partial charge in [0.2, 0.25) is 11.9 Å². The Balaban J connectivity index is 1.74. The van der Waals surface area contributed by atoms with Crippen molar-refractivity contribution in [2.45, 2.75) is 46.2 Å². The lowest BCUT2D eigenvalue weighted by atomic mass is 10.1. The van der Waals surface area contributed by atoms with E-state index in [1.165, 1.54) is 0 Å². The van der Waals surface area contributed by atoms with Gasteiger partial charge in [-0.3, -0.25) is 4.57 Å². The minimum atomic E-state index is -0.118. The van der Waals surface area contributed by atoms with Crippen LogP contribution in [0.15, 0.2) is 24.4 Å². The Morgan fingerprint density at radius 2 is 2.07 bits per heavy atom. The zero-order valence-corrected chi connectivity index (χ0v) is 18.1. The number of aryl methyl sites for hydroxylation is 1. The Bertz CT molecular complexity index is 996. The summed E-state index contributed by atoms with van der Waals surface area (Å²) in [6.07, 6.45) is 2.93. The minimum Gasteiger partial charge on any atom is -0.350 e. The molecule has 3 heterocycles. The Labute approximate surface area is 176 Å². The average molecular weight is 414 g/mol. The molecule has 1 saturated heterocycles. The normalized spacial score (nSPS) is 17.1. The maximum atomic E-state index is 6.25. The van der Waals surface area contributed by atoms with Crippen LogP contribution >= 0.6 is 11.6 Å². The van der Waals surface area contributed by atoms with Crippen LogP contribution in [-0.2, 0) is 6.54 Å². The molecule has 3 aromatic rings. The highest BCUT2D eigenvalue weighted by atomic mass is 35.5. The van der Waals surface area contributed by atoms with Crippen LogP contribution in [0.25, 0.3) is 11.2 Å². The van der Waals surface area contributed by atoms with Crippen molar-refractivity contribution < 1.29 is 0 Å². The Morgan fingerprint density at radius 3 is 2.76 bits per heavy atom. The van der Waals surface area contributed by atoms with Gasteiger partial charge in [0, 0.05) is 22.8 Å². The van der Waals surface area contributed by atoms with Gasteiger partial charge in [0.05, 0.1) is 6.20 Å². The molecule has 0 aliphatic carbocycles. The van der Waals surface area contributed by atoms with Gasteiger partial charge in [-0.05, 0) is 76.9 Å². The van der Waals surface area contributed by atoms with Gasteiger partial charge in [-0.2, -0.15) is 4.98 Å². The lowest BCUT2D eigenvalue weighted by molar-refractivity contribution is 0.491. The Hall–Kier alpha value is -2.38. The monoisotopic (exact) mass is 413 g/mol. The van der Waals surface area contributed by atoms with E-state index in [2.05, 4.69) is 52.3 Å². The number of aromatic nitrogens is 4. The van der Waals surface area contributed by atoms with E-state index < -0.39 is 0 Å². The van der Waals surface area contributed by atoms with Gasteiger partial charge in [-0.1, -0.05) is 11.6 Å². The van der Waals surface area contributed by atoms with Crippen LogP contribution in [-0.4, -0.2) is 38.1 Å². The first-order valence-electron chi connectivity index (χ1n) is 10.0. The quantitative estimate of drug-likeness (QED) is 0.577. The summed E-state index contributed by atoms with van der Waals surface area (Å²) in [5.41, 5.74) is 3.50. The summed E-state index contributed by atoms with van der Waals surface area (Å²) in [6, 6.07) is 5.91. The fraction of sp³-hybridized carbons (Fsp3) is 0.476. The number of imidazole rings is 1. The van der Waals surface area contributed by atoms with E-state index in [0.717, 1.165) is 54.4 Å². The molecular formula is C21H28ClN7. The van der Waals surface area contributed by atoms with Crippen molar-refractivity contribution in [2.75, 3.05) is 23.7 Å². The number of rotatable bonds is 5. The number of anilines is 3. The van der Waals surface area contributed by atoms with Crippen molar-refractivity contribution >= 4 is 40.3 Å². The fourth-order valence-electron chi connectivity index (χ4n) is 3.65. The van der Waals surface area contributed by atoms with Gasteiger partial charge < -0.3 is 16.0 Å². The third kappa shape index (κ3) is 4.79. The second kappa shape index (κ2) is 7.80. The molecule has 0 radical (unpaired) electrons. The van der Waals surface area contributed by atoms with Gasteiger partial charge in [-0.25, -0.2) is 9.97 Å². The molecule has 1 unspecified atom stereocenters. The second-order valence-electron chi connectivity index (χ2n) is 8.82. The lowest BCUT2D eigenvalue weighted by Gasteiger charge is -2.20. The molecule has 1 aromatic carbocycles. The van der Waals surface area contributed by atoms with Gasteiger partial charge in [0.25, 0.3) is 0 Å². The van der Waals surface area contributed by atoms with Crippen LogP contribution in [0.4, 0.5) is 17.6 Å². The van der Waals surface area contributed by atoms with Crippen LogP contribution < -0.4 is 16.0 Å². The number of fused-ring (bicyclic) bond motifs is 1. The summed E-state index contributed by atoms with van der Waals surface area (Å²) in [5, 5.41) is 10.9. The van der Waals surface area contributed by atoms with Crippen LogP contribution in [0.2, 0.25) is 5.02 Å². The number of nitrogens with one attached hydrogen (secondary N) is 3. The van der Waals surface area contributed by atoms with Crippen molar-refractivity contribution in [3.63, 3.8) is 0 Å². The third-order valence-corrected chi connectivity index (χ3v) is 5.09. The third-order valence-electron chi connectivity index (χ3n) is 4.88. The molecule has 1 fully saturated rings. The molecule has 1 aliphatic heterocycles. The number of nitrogens with zero attached hydrogens (tertiary/aromatic N) is 4. The van der Waals surface area contributed by atoms with Gasteiger partial charge in [-0.15, -0.1) is 0 Å². The van der Waals surface area contributed by atoms with E-state index >= 15 is 0 Å². The van der Waals surface area contributed by atoms with Gasteiger partial charge in [0.15, 0.2) is 5.65 Å². The first-order valence-corrected chi connectivity index (χ1v) is 10.4. The van der Waals surface area contributed by atoms with E-state index in [-0.39, 0.29) is 5.54 Å². The zero-order valence-electron chi connectivity index (χ0n) is 17.4. The summed E-state index contributed by atoms with van der Waals surface area (Å²) in [6.45, 7) is 11.2. The second-order valence-corrected chi connectivity index (χ2v) is 9.26. The molecule has 8 heteroatoms. The smallest absolute Gasteiger partial charge is 0.225 e. The highest BCUT2D eigenvalue weighted by Crippen LogP contribution is 2.27. The summed E-state index contributed by atoms with van der Waals surface area (Å²) >= 11 is 6.25. The van der Waals surface area contributed by atoms with Gasteiger partial charge >= 0.3 is 0 Å². The van der Waals surface area contributed by atoms with Crippen molar-refractivity contribution in [3.8, 4) is 0 Å². The molecule has 4 rings (SSSR count). The van der Waals surface area contributed by atoms with Crippen LogP contribution in [0.5, 0.6) is 0 Å². The van der Waals surface area contributed by atoms with Crippen molar-refractivity contribution in [2.24, 2.45) is 5.92 Å². The first kappa shape index (κ1) is 19.9. The van der Waals surface area contributed by atoms with Crippen molar-refractivity contribution in [3.05, 3.63) is 35.0 Å². The summed E-state index contributed by atoms with van der Waals surface area (Å²) in [5.74, 6) is 1.92. The van der Waals surface area contributed by atoms with Crippen LogP contribution in [0, 0.1) is 12.8 Å². The van der Waals surface area contributed by atoms with E-state index in [9.17, 15) is 0 Å². The molecule has 0 amide bonds. The Morgan fingerprint density at radius 1 is 1.24 bits per heavy atom. The van der Waals surface area contributed by atoms with Crippen molar-refractivity contribution in [1.82, 2.24) is 24.8 Å². The predicted octanol–water partition coefficient (Wildman–Crippen LogP) is 4.35. The highest BCUT2D eigenvalue weighted by Gasteiger charge is 2.21. The molecule has 0 saturated carbocycles. The summed E-state index contributed by atoms with van der Waals surface area (Å²) in [7, 11) is 0. The molecule has 29 heavy (non-hydrogen) atoms. The molecule has 2 aromatic heterocycles. The van der Waals surface area contributed by atoms with E-state index in [1.54, 1.807) is 6.20 Å². The van der Waals surface area contributed by atoms with E-state index in [4.69, 9.17) is 21.6 Å². The maximum absolute atomic E-state index is 6.25. The highest BCUT2D eigenvalue weighted by molar-refractivity contribution is 6.30. The Kier molecular flexibility index (Phi) is 5.36. The molecule has 1 atom stereocenters. The molecular weight excluding hydrogens is 386 g/mol. The topological polar surface area (TPSA) is 79.7 Å². The number of hydrogen-bond donors (Lipinski definition) is 3. The van der Waals surface area contributed by atoms with Crippen LogP contribution in [0.1, 0.15) is 32.8 Å². The molecule has 7 nitrogen and oxygen atoms in total. The molecule has 154 valence electrons. The largest absolute Gasteiger partial charge is 0.350 e. The summed E-state index contributed by atoms with van der Waals surface area (Å²) in [4.78, 5) is 14.0. The molecule has 3 N–H and O–H groups in total. The van der Waals surface area contributed by atoms with Crippen molar-refractivity contribution in [1.29, 1.82) is 0 Å². The standard InChI is InChI=1S/C21H28ClN7/c1-13-7-15(22)9-16(8-13)25-20-26-17-11-24-19(28-21(2,3)4)27-18(17)29(20)12-14-5-6-23-10-14/h7-9,11,14,23H,5-6,10,12H2,1-4H3,(H,25,26)(H,24,27,28). The van der Waals surface area contributed by atoms with Gasteiger partial charge in [0.1, 0.15) is 5.52 Å². The zero-order chi connectivity index (χ0) is 20.6. The molecule has 0 bridgehead atoms. The maximum Gasteiger partial charge on any atom is 0.225 e.